The minimum absolute atomic E-state index is 0.296. The van der Waals surface area contributed by atoms with E-state index in [0.717, 1.165) is 6.42 Å². The molecule has 0 fully saturated rings. The Morgan fingerprint density at radius 3 is 2.36 bits per heavy atom. The maximum Gasteiger partial charge on any atom is 0.0270 e. The van der Waals surface area contributed by atoms with Gasteiger partial charge in [-0.15, -0.1) is 0 Å². The number of hydrogen-bond donors (Lipinski definition) is 1. The third kappa shape index (κ3) is 1.19. The Morgan fingerprint density at radius 1 is 1.18 bits per heavy atom. The largest absolute Gasteiger partial charge is 0.324 e. The van der Waals surface area contributed by atoms with E-state index in [0.29, 0.717) is 6.04 Å². The van der Waals surface area contributed by atoms with Crippen molar-refractivity contribution in [3.05, 3.63) is 42.0 Å². The minimum atomic E-state index is 0.296. The summed E-state index contributed by atoms with van der Waals surface area (Å²) in [6.45, 7) is 0. The molecule has 0 bridgehead atoms. The molecule has 1 atom stereocenters. The molecule has 0 heterocycles. The van der Waals surface area contributed by atoms with Crippen molar-refractivity contribution in [2.45, 2.75) is 12.5 Å². The van der Waals surface area contributed by atoms with Gasteiger partial charge in [-0.2, -0.15) is 0 Å². The Bertz CT molecular complexity index is 274. The van der Waals surface area contributed by atoms with Crippen molar-refractivity contribution in [2.24, 2.45) is 5.73 Å². The SMILES string of the molecule is NC1C=C(c2ccccc2)C1. The summed E-state index contributed by atoms with van der Waals surface area (Å²) in [5.74, 6) is 0. The predicted molar refractivity (Wildman–Crippen MR) is 47.0 cm³/mol. The highest BCUT2D eigenvalue weighted by Gasteiger charge is 2.15. The van der Waals surface area contributed by atoms with Crippen LogP contribution in [0.3, 0.4) is 0 Å². The molecule has 0 saturated carbocycles. The second kappa shape index (κ2) is 2.51. The molecule has 11 heavy (non-hydrogen) atoms. The van der Waals surface area contributed by atoms with Gasteiger partial charge in [0.1, 0.15) is 0 Å². The molecule has 1 aromatic carbocycles. The molecule has 0 amide bonds. The van der Waals surface area contributed by atoms with Crippen LogP contribution in [0.4, 0.5) is 0 Å². The van der Waals surface area contributed by atoms with E-state index in [1.807, 2.05) is 6.07 Å². The second-order valence-electron chi connectivity index (χ2n) is 2.93. The first-order valence-electron chi connectivity index (χ1n) is 3.88. The highest BCUT2D eigenvalue weighted by molar-refractivity contribution is 5.71. The van der Waals surface area contributed by atoms with Crippen molar-refractivity contribution >= 4 is 5.57 Å². The third-order valence-corrected chi connectivity index (χ3v) is 2.02. The van der Waals surface area contributed by atoms with Gasteiger partial charge in [0.25, 0.3) is 0 Å². The Balaban J connectivity index is 2.26. The summed E-state index contributed by atoms with van der Waals surface area (Å²) in [4.78, 5) is 0. The number of benzene rings is 1. The highest BCUT2D eigenvalue weighted by Crippen LogP contribution is 2.27. The average Bonchev–Trinajstić information content (AvgIpc) is 2.01. The lowest BCUT2D eigenvalue weighted by Gasteiger charge is -2.21. The maximum absolute atomic E-state index is 5.63. The predicted octanol–water partition coefficient (Wildman–Crippen LogP) is 1.80. The summed E-state index contributed by atoms with van der Waals surface area (Å²) in [6.07, 6.45) is 3.15. The molecule has 0 radical (unpaired) electrons. The molecular weight excluding hydrogens is 134 g/mol. The van der Waals surface area contributed by atoms with E-state index >= 15 is 0 Å². The third-order valence-electron chi connectivity index (χ3n) is 2.02. The zero-order valence-electron chi connectivity index (χ0n) is 6.33. The van der Waals surface area contributed by atoms with Gasteiger partial charge in [0.2, 0.25) is 0 Å². The summed E-state index contributed by atoms with van der Waals surface area (Å²) in [5, 5.41) is 0. The Labute approximate surface area is 66.5 Å². The van der Waals surface area contributed by atoms with E-state index in [-0.39, 0.29) is 0 Å². The number of rotatable bonds is 1. The van der Waals surface area contributed by atoms with Gasteiger partial charge in [-0.1, -0.05) is 36.4 Å². The average molecular weight is 145 g/mol. The van der Waals surface area contributed by atoms with Gasteiger partial charge in [0.05, 0.1) is 0 Å². The monoisotopic (exact) mass is 145 g/mol. The summed E-state index contributed by atoms with van der Waals surface area (Å²) in [7, 11) is 0. The van der Waals surface area contributed by atoms with Crippen molar-refractivity contribution in [1.29, 1.82) is 0 Å². The van der Waals surface area contributed by atoms with E-state index in [9.17, 15) is 0 Å². The molecule has 0 aromatic heterocycles. The molecular formula is C10H11N. The molecule has 56 valence electrons. The molecule has 0 spiro atoms. The van der Waals surface area contributed by atoms with E-state index < -0.39 is 0 Å². The van der Waals surface area contributed by atoms with Gasteiger partial charge in [-0.05, 0) is 17.6 Å². The zero-order valence-corrected chi connectivity index (χ0v) is 6.33. The molecule has 1 aromatic rings. The molecule has 1 aliphatic carbocycles. The summed E-state index contributed by atoms with van der Waals surface area (Å²) < 4.78 is 0. The first kappa shape index (κ1) is 6.62. The van der Waals surface area contributed by atoms with Crippen LogP contribution in [0.15, 0.2) is 36.4 Å². The van der Waals surface area contributed by atoms with Crippen molar-refractivity contribution in [2.75, 3.05) is 0 Å². The van der Waals surface area contributed by atoms with E-state index in [4.69, 9.17) is 5.73 Å². The fourth-order valence-corrected chi connectivity index (χ4v) is 1.35. The lowest BCUT2D eigenvalue weighted by molar-refractivity contribution is 0.790. The normalized spacial score (nSPS) is 22.3. The molecule has 1 heteroatoms. The van der Waals surface area contributed by atoms with Crippen LogP contribution in [-0.2, 0) is 0 Å². The van der Waals surface area contributed by atoms with Gasteiger partial charge in [-0.3, -0.25) is 0 Å². The first-order chi connectivity index (χ1) is 5.36. The smallest absolute Gasteiger partial charge is 0.0270 e. The molecule has 0 saturated heterocycles. The minimum Gasteiger partial charge on any atom is -0.324 e. The van der Waals surface area contributed by atoms with E-state index in [1.54, 1.807) is 0 Å². The summed E-state index contributed by atoms with van der Waals surface area (Å²) in [6, 6.07) is 10.7. The summed E-state index contributed by atoms with van der Waals surface area (Å²) in [5.41, 5.74) is 8.33. The fraction of sp³-hybridized carbons (Fsp3) is 0.200. The Kier molecular flexibility index (Phi) is 1.51. The Hall–Kier alpha value is -1.08. The number of nitrogens with two attached hydrogens (primary N) is 1. The van der Waals surface area contributed by atoms with E-state index in [1.165, 1.54) is 11.1 Å². The molecule has 0 aliphatic heterocycles. The molecule has 1 unspecified atom stereocenters. The van der Waals surface area contributed by atoms with Gasteiger partial charge in [0, 0.05) is 6.04 Å². The van der Waals surface area contributed by atoms with Crippen LogP contribution in [0.25, 0.3) is 5.57 Å². The molecule has 1 aliphatic rings. The van der Waals surface area contributed by atoms with Gasteiger partial charge in [-0.25, -0.2) is 0 Å². The van der Waals surface area contributed by atoms with Crippen molar-refractivity contribution < 1.29 is 0 Å². The van der Waals surface area contributed by atoms with Crippen LogP contribution in [0.5, 0.6) is 0 Å². The van der Waals surface area contributed by atoms with Crippen LogP contribution >= 0.6 is 0 Å². The highest BCUT2D eigenvalue weighted by atomic mass is 14.6. The van der Waals surface area contributed by atoms with E-state index in [2.05, 4.69) is 30.3 Å². The van der Waals surface area contributed by atoms with Crippen LogP contribution < -0.4 is 5.73 Å². The van der Waals surface area contributed by atoms with Gasteiger partial charge < -0.3 is 5.73 Å². The lowest BCUT2D eigenvalue weighted by Crippen LogP contribution is -2.24. The summed E-state index contributed by atoms with van der Waals surface area (Å²) >= 11 is 0. The van der Waals surface area contributed by atoms with Crippen LogP contribution in [-0.4, -0.2) is 6.04 Å². The van der Waals surface area contributed by atoms with Crippen molar-refractivity contribution in [3.63, 3.8) is 0 Å². The number of hydrogen-bond acceptors (Lipinski definition) is 1. The van der Waals surface area contributed by atoms with Crippen LogP contribution in [0.2, 0.25) is 0 Å². The molecule has 1 nitrogen and oxygen atoms in total. The van der Waals surface area contributed by atoms with Gasteiger partial charge in [0.15, 0.2) is 0 Å². The van der Waals surface area contributed by atoms with Crippen molar-refractivity contribution in [3.8, 4) is 0 Å². The molecule has 2 rings (SSSR count). The van der Waals surface area contributed by atoms with Crippen molar-refractivity contribution in [1.82, 2.24) is 0 Å². The van der Waals surface area contributed by atoms with Gasteiger partial charge >= 0.3 is 0 Å². The standard InChI is InChI=1S/C10H11N/c11-10-6-9(7-10)8-4-2-1-3-5-8/h1-6,10H,7,11H2. The fourth-order valence-electron chi connectivity index (χ4n) is 1.35. The second-order valence-corrected chi connectivity index (χ2v) is 2.93. The lowest BCUT2D eigenvalue weighted by atomic mass is 9.88. The first-order valence-corrected chi connectivity index (χ1v) is 3.88. The van der Waals surface area contributed by atoms with Crippen LogP contribution in [0.1, 0.15) is 12.0 Å². The zero-order chi connectivity index (χ0) is 7.68. The maximum atomic E-state index is 5.63. The topological polar surface area (TPSA) is 26.0 Å². The molecule has 2 N–H and O–H groups in total. The van der Waals surface area contributed by atoms with Crippen LogP contribution in [0, 0.1) is 0 Å². The Morgan fingerprint density at radius 2 is 1.82 bits per heavy atom. The quantitative estimate of drug-likeness (QED) is 0.640.